The predicted molar refractivity (Wildman–Crippen MR) is 167 cm³/mol. The van der Waals surface area contributed by atoms with Crippen LogP contribution in [0.3, 0.4) is 0 Å². The number of halogens is 6. The van der Waals surface area contributed by atoms with Gasteiger partial charge in [-0.05, 0) is 59.7 Å². The molecule has 254 valence electrons. The van der Waals surface area contributed by atoms with Crippen LogP contribution in [0.5, 0.6) is 0 Å². The number of carboxylic acid groups (broad SMARTS) is 1. The fourth-order valence-electron chi connectivity index (χ4n) is 5.69. The summed E-state index contributed by atoms with van der Waals surface area (Å²) in [6.07, 6.45) is -4.78. The van der Waals surface area contributed by atoms with Crippen LogP contribution in [0, 0.1) is 0 Å². The molecule has 0 saturated heterocycles. The zero-order valence-electron chi connectivity index (χ0n) is 25.2. The molecule has 1 atom stereocenters. The lowest BCUT2D eigenvalue weighted by Gasteiger charge is -2.24. The number of anilines is 1. The van der Waals surface area contributed by atoms with Crippen molar-refractivity contribution in [3.05, 3.63) is 94.0 Å². The van der Waals surface area contributed by atoms with Crippen molar-refractivity contribution in [3.8, 4) is 0 Å². The molecule has 0 bridgehead atoms. The topological polar surface area (TPSA) is 120 Å². The Morgan fingerprint density at radius 2 is 1.50 bits per heavy atom. The number of rotatable bonds is 9. The number of nitrogens with zero attached hydrogens (tertiary/aromatic N) is 1. The first kappa shape index (κ1) is 34.7. The Morgan fingerprint density at radius 3 is 2.08 bits per heavy atom. The normalized spacial score (nSPS) is 14.8. The number of alkyl halides is 6. The lowest BCUT2D eigenvalue weighted by atomic mass is 9.83. The highest BCUT2D eigenvalue weighted by Gasteiger charge is 2.39. The molecule has 0 spiro atoms. The number of urea groups is 1. The third-order valence-electron chi connectivity index (χ3n) is 8.10. The van der Waals surface area contributed by atoms with Crippen molar-refractivity contribution in [2.45, 2.75) is 62.8 Å². The number of amides is 3. The molecule has 5 rings (SSSR count). The third-order valence-corrected chi connectivity index (χ3v) is 9.12. The van der Waals surface area contributed by atoms with Gasteiger partial charge in [0, 0.05) is 12.1 Å². The molecule has 1 aliphatic carbocycles. The Kier molecular flexibility index (Phi) is 10.3. The van der Waals surface area contributed by atoms with E-state index in [-0.39, 0.29) is 29.7 Å². The second-order valence-electron chi connectivity index (χ2n) is 11.4. The smallest absolute Gasteiger partial charge is 0.417 e. The minimum atomic E-state index is -5.10. The van der Waals surface area contributed by atoms with E-state index in [1.807, 2.05) is 24.3 Å². The van der Waals surface area contributed by atoms with Crippen LogP contribution in [0.4, 0.5) is 36.3 Å². The quantitative estimate of drug-likeness (QED) is 0.131. The number of thiazole rings is 1. The number of aliphatic carboxylic acids is 1. The summed E-state index contributed by atoms with van der Waals surface area (Å²) in [5.41, 5.74) is -1.00. The molecule has 1 aromatic heterocycles. The van der Waals surface area contributed by atoms with Gasteiger partial charge in [0.25, 0.3) is 5.91 Å². The first-order chi connectivity index (χ1) is 22.7. The van der Waals surface area contributed by atoms with Gasteiger partial charge in [-0.2, -0.15) is 26.3 Å². The Morgan fingerprint density at radius 1 is 0.875 bits per heavy atom. The highest BCUT2D eigenvalue weighted by atomic mass is 32.1. The van der Waals surface area contributed by atoms with E-state index in [9.17, 15) is 40.7 Å². The number of fused-ring (bicyclic) bond motifs is 1. The van der Waals surface area contributed by atoms with Crippen molar-refractivity contribution in [2.75, 3.05) is 11.9 Å². The van der Waals surface area contributed by atoms with Gasteiger partial charge in [0.1, 0.15) is 0 Å². The van der Waals surface area contributed by atoms with Crippen molar-refractivity contribution in [3.63, 3.8) is 0 Å². The van der Waals surface area contributed by atoms with E-state index in [0.717, 1.165) is 31.2 Å². The molecule has 3 amide bonds. The molecule has 3 aromatic carbocycles. The van der Waals surface area contributed by atoms with E-state index in [1.54, 1.807) is 12.1 Å². The maximum Gasteiger partial charge on any atom is 0.417 e. The number of carboxylic acids is 1. The van der Waals surface area contributed by atoms with E-state index in [2.05, 4.69) is 20.9 Å². The second kappa shape index (κ2) is 14.2. The van der Waals surface area contributed by atoms with Crippen LogP contribution in [0.1, 0.15) is 88.7 Å². The fraction of sp³-hybridized carbons (Fsp3) is 0.333. The van der Waals surface area contributed by atoms with E-state index < -0.39 is 57.6 Å². The van der Waals surface area contributed by atoms with Crippen LogP contribution in [-0.4, -0.2) is 34.5 Å². The van der Waals surface area contributed by atoms with Crippen molar-refractivity contribution in [1.29, 1.82) is 0 Å². The number of benzene rings is 3. The molecule has 8 nitrogen and oxygen atoms in total. The Bertz CT molecular complexity index is 1780. The Hall–Kier alpha value is -4.66. The van der Waals surface area contributed by atoms with Gasteiger partial charge in [0.05, 0.1) is 33.8 Å². The highest BCUT2D eigenvalue weighted by molar-refractivity contribution is 7.22. The van der Waals surface area contributed by atoms with Gasteiger partial charge in [-0.25, -0.2) is 9.78 Å². The van der Waals surface area contributed by atoms with Crippen LogP contribution >= 0.6 is 11.3 Å². The van der Waals surface area contributed by atoms with E-state index in [4.69, 9.17) is 5.11 Å². The first-order valence-electron chi connectivity index (χ1n) is 15.1. The third kappa shape index (κ3) is 8.43. The highest BCUT2D eigenvalue weighted by Crippen LogP contribution is 2.43. The molecule has 1 unspecified atom stereocenters. The molecule has 1 fully saturated rings. The van der Waals surface area contributed by atoms with E-state index >= 15 is 0 Å². The van der Waals surface area contributed by atoms with Crippen molar-refractivity contribution in [2.24, 2.45) is 0 Å². The Labute approximate surface area is 274 Å². The number of hydrogen-bond donors (Lipinski definition) is 4. The fourth-order valence-corrected chi connectivity index (χ4v) is 6.67. The number of nitrogens with one attached hydrogen (secondary N) is 3. The summed E-state index contributed by atoms with van der Waals surface area (Å²) in [6, 6.07) is 12.7. The molecule has 1 heterocycles. The van der Waals surface area contributed by atoms with Gasteiger partial charge < -0.3 is 15.7 Å². The molecule has 0 radical (unpaired) electrons. The molecule has 1 saturated carbocycles. The summed E-state index contributed by atoms with van der Waals surface area (Å²) in [7, 11) is 0. The molecular weight excluding hydrogens is 662 g/mol. The van der Waals surface area contributed by atoms with Crippen LogP contribution in [0.15, 0.2) is 60.7 Å². The molecule has 4 N–H and O–H groups in total. The van der Waals surface area contributed by atoms with E-state index in [0.29, 0.717) is 34.4 Å². The maximum atomic E-state index is 13.7. The number of carbonyl (C=O) groups excluding carboxylic acids is 2. The van der Waals surface area contributed by atoms with Crippen LogP contribution < -0.4 is 16.0 Å². The molecule has 1 aliphatic rings. The van der Waals surface area contributed by atoms with Gasteiger partial charge in [-0.3, -0.25) is 14.9 Å². The first-order valence-corrected chi connectivity index (χ1v) is 15.9. The van der Waals surface area contributed by atoms with Crippen molar-refractivity contribution >= 4 is 44.6 Å². The minimum Gasteiger partial charge on any atom is -0.481 e. The summed E-state index contributed by atoms with van der Waals surface area (Å²) in [6.45, 7) is -0.0681. The number of carbonyl (C=O) groups is 3. The SMILES string of the molecule is O=C(O)CCNC(=O)c1ccc(C(NC(=O)Nc2nc3cc(C(F)(F)F)cc(C(F)(F)F)c3s2)c2ccc(C3CCCCC3)cc2)cc1. The van der Waals surface area contributed by atoms with Gasteiger partial charge >= 0.3 is 24.4 Å². The molecule has 48 heavy (non-hydrogen) atoms. The summed E-state index contributed by atoms with van der Waals surface area (Å²) < 4.78 is 80.5. The van der Waals surface area contributed by atoms with Gasteiger partial charge in [0.15, 0.2) is 5.13 Å². The zero-order valence-corrected chi connectivity index (χ0v) is 26.0. The molecule has 15 heteroatoms. The van der Waals surface area contributed by atoms with Crippen molar-refractivity contribution < 1.29 is 45.8 Å². The average molecular weight is 693 g/mol. The van der Waals surface area contributed by atoms with Gasteiger partial charge in [0.2, 0.25) is 0 Å². The molecular formula is C33H30F6N4O4S. The molecule has 0 aliphatic heterocycles. The largest absolute Gasteiger partial charge is 0.481 e. The van der Waals surface area contributed by atoms with Gasteiger partial charge in [-0.15, -0.1) is 0 Å². The van der Waals surface area contributed by atoms with Crippen LogP contribution in [0.25, 0.3) is 10.2 Å². The summed E-state index contributed by atoms with van der Waals surface area (Å²) in [5, 5.41) is 16.1. The van der Waals surface area contributed by atoms with Gasteiger partial charge in [-0.1, -0.05) is 67.0 Å². The Balaban J connectivity index is 1.41. The van der Waals surface area contributed by atoms with Crippen molar-refractivity contribution in [1.82, 2.24) is 15.6 Å². The lowest BCUT2D eigenvalue weighted by molar-refractivity contribution is -0.142. The predicted octanol–water partition coefficient (Wildman–Crippen LogP) is 8.50. The summed E-state index contributed by atoms with van der Waals surface area (Å²) in [4.78, 5) is 40.3. The summed E-state index contributed by atoms with van der Waals surface area (Å²) >= 11 is 0.397. The van der Waals surface area contributed by atoms with Crippen LogP contribution in [-0.2, 0) is 17.1 Å². The standard InChI is InChI=1S/C33H30F6N4O4S/c34-32(35,36)23-16-24(33(37,38)39)28-25(17-23)41-31(48-28)43-30(47)42-27(20-8-6-19(7-9-20)18-4-2-1-3-5-18)21-10-12-22(13-11-21)29(46)40-15-14-26(44)45/h6-13,16-18,27H,1-5,14-15H2,(H,40,46)(H,44,45)(H2,41,42,43,47). The number of aromatic nitrogens is 1. The maximum absolute atomic E-state index is 13.7. The molecule has 4 aromatic rings. The number of hydrogen-bond acceptors (Lipinski definition) is 5. The van der Waals surface area contributed by atoms with Crippen LogP contribution in [0.2, 0.25) is 0 Å². The van der Waals surface area contributed by atoms with E-state index in [1.165, 1.54) is 18.6 Å². The second-order valence-corrected chi connectivity index (χ2v) is 12.4. The minimum absolute atomic E-state index is 0.0213. The lowest BCUT2D eigenvalue weighted by Crippen LogP contribution is -2.33. The monoisotopic (exact) mass is 692 g/mol. The average Bonchev–Trinajstić information content (AvgIpc) is 3.45. The summed E-state index contributed by atoms with van der Waals surface area (Å²) in [5.74, 6) is -1.14. The zero-order chi connectivity index (χ0) is 34.6.